The zero-order chi connectivity index (χ0) is 20.3. The lowest BCUT2D eigenvalue weighted by Gasteiger charge is -2.41. The summed E-state index contributed by atoms with van der Waals surface area (Å²) in [6.45, 7) is 6.36. The Morgan fingerprint density at radius 1 is 0.448 bits per heavy atom. The summed E-state index contributed by atoms with van der Waals surface area (Å²) in [5.41, 5.74) is 3.73. The molecule has 0 saturated heterocycles. The fourth-order valence-electron chi connectivity index (χ4n) is 3.36. The van der Waals surface area contributed by atoms with E-state index in [1.165, 1.54) is 31.4 Å². The third kappa shape index (κ3) is 3.94. The van der Waals surface area contributed by atoms with E-state index in [9.17, 15) is 0 Å². The molecule has 0 saturated carbocycles. The largest absolute Gasteiger partial charge is 0.436 e. The highest BCUT2D eigenvalue weighted by atomic mass is 32.3. The SMILES string of the molecule is Cc1ccc(S(Oc2ccccc2)(c2ccc(C)cc2)c2ccc(C)cc2)cc1. The topological polar surface area (TPSA) is 9.23 Å². The Hall–Kier alpha value is -2.97. The summed E-state index contributed by atoms with van der Waals surface area (Å²) in [5.74, 6) is 0.879. The average Bonchev–Trinajstić information content (AvgIpc) is 2.75. The van der Waals surface area contributed by atoms with Crippen molar-refractivity contribution >= 4 is 10.3 Å². The molecule has 2 heteroatoms. The van der Waals surface area contributed by atoms with Gasteiger partial charge in [0.2, 0.25) is 0 Å². The lowest BCUT2D eigenvalue weighted by molar-refractivity contribution is 0.612. The molecule has 0 fully saturated rings. The van der Waals surface area contributed by atoms with E-state index in [1.807, 2.05) is 30.3 Å². The molecule has 0 unspecified atom stereocenters. The van der Waals surface area contributed by atoms with Gasteiger partial charge in [0.15, 0.2) is 0 Å². The molecule has 0 aliphatic carbocycles. The first-order valence-corrected chi connectivity index (χ1v) is 11.4. The maximum absolute atomic E-state index is 6.96. The van der Waals surface area contributed by atoms with E-state index in [2.05, 4.69) is 93.6 Å². The van der Waals surface area contributed by atoms with Crippen LogP contribution in [-0.2, 0) is 0 Å². The van der Waals surface area contributed by atoms with Crippen LogP contribution in [0.25, 0.3) is 0 Å². The molecule has 1 nitrogen and oxygen atoms in total. The Labute approximate surface area is 175 Å². The predicted octanol–water partition coefficient (Wildman–Crippen LogP) is 7.89. The standard InChI is InChI=1S/C27H26OS/c1-21-9-15-25(16-10-21)29(26-17-11-22(2)12-18-26,27-19-13-23(3)14-20-27)28-24-7-5-4-6-8-24/h4-20H,1-3H3. The molecule has 0 aliphatic heterocycles. The molecule has 0 amide bonds. The van der Waals surface area contributed by atoms with Crippen LogP contribution in [0.4, 0.5) is 0 Å². The molecule has 0 N–H and O–H groups in total. The minimum atomic E-state index is -1.94. The van der Waals surface area contributed by atoms with Crippen molar-refractivity contribution in [1.82, 2.24) is 0 Å². The van der Waals surface area contributed by atoms with Crippen LogP contribution in [0.3, 0.4) is 0 Å². The van der Waals surface area contributed by atoms with Gasteiger partial charge in [-0.2, -0.15) is 0 Å². The lowest BCUT2D eigenvalue weighted by atomic mass is 10.2. The van der Waals surface area contributed by atoms with E-state index in [-0.39, 0.29) is 0 Å². The van der Waals surface area contributed by atoms with Crippen LogP contribution in [0.1, 0.15) is 16.7 Å². The van der Waals surface area contributed by atoms with Crippen molar-refractivity contribution in [1.29, 1.82) is 0 Å². The Morgan fingerprint density at radius 2 is 0.793 bits per heavy atom. The van der Waals surface area contributed by atoms with Crippen molar-refractivity contribution in [3.05, 3.63) is 120 Å². The molecule has 0 spiro atoms. The van der Waals surface area contributed by atoms with Crippen molar-refractivity contribution in [3.63, 3.8) is 0 Å². The number of rotatable bonds is 5. The highest BCUT2D eigenvalue weighted by molar-refractivity contribution is 8.30. The quantitative estimate of drug-likeness (QED) is 0.332. The minimum Gasteiger partial charge on any atom is -0.436 e. The molecular formula is C27H26OS. The summed E-state index contributed by atoms with van der Waals surface area (Å²) in [7, 11) is -1.94. The highest BCUT2D eigenvalue weighted by Gasteiger charge is 2.33. The minimum absolute atomic E-state index is 0.879. The van der Waals surface area contributed by atoms with Gasteiger partial charge in [0.1, 0.15) is 5.75 Å². The molecular weight excluding hydrogens is 372 g/mol. The van der Waals surface area contributed by atoms with Crippen LogP contribution < -0.4 is 4.18 Å². The third-order valence-electron chi connectivity index (χ3n) is 5.02. The van der Waals surface area contributed by atoms with Crippen LogP contribution in [0.5, 0.6) is 5.75 Å². The van der Waals surface area contributed by atoms with Crippen LogP contribution in [-0.4, -0.2) is 0 Å². The van der Waals surface area contributed by atoms with E-state index in [4.69, 9.17) is 4.18 Å². The normalized spacial score (nSPS) is 11.8. The van der Waals surface area contributed by atoms with E-state index in [0.717, 1.165) is 5.75 Å². The summed E-state index contributed by atoms with van der Waals surface area (Å²) < 4.78 is 6.96. The zero-order valence-corrected chi connectivity index (χ0v) is 17.9. The monoisotopic (exact) mass is 398 g/mol. The van der Waals surface area contributed by atoms with Gasteiger partial charge < -0.3 is 4.18 Å². The second kappa shape index (κ2) is 8.18. The van der Waals surface area contributed by atoms with Crippen LogP contribution >= 0.6 is 10.3 Å². The van der Waals surface area contributed by atoms with Crippen LogP contribution in [0, 0.1) is 20.8 Å². The van der Waals surface area contributed by atoms with Gasteiger partial charge in [-0.25, -0.2) is 0 Å². The smallest absolute Gasteiger partial charge is 0.136 e. The molecule has 29 heavy (non-hydrogen) atoms. The number of benzene rings is 4. The Balaban J connectivity index is 2.01. The Morgan fingerprint density at radius 3 is 1.14 bits per heavy atom. The molecule has 0 heterocycles. The number of aryl methyl sites for hydroxylation is 3. The third-order valence-corrected chi connectivity index (χ3v) is 8.27. The van der Waals surface area contributed by atoms with E-state index >= 15 is 0 Å². The Kier molecular flexibility index (Phi) is 5.46. The summed E-state index contributed by atoms with van der Waals surface area (Å²) >= 11 is 0. The highest BCUT2D eigenvalue weighted by Crippen LogP contribution is 2.68. The predicted molar refractivity (Wildman–Crippen MR) is 123 cm³/mol. The summed E-state index contributed by atoms with van der Waals surface area (Å²) in [6.07, 6.45) is 0. The molecule has 0 aromatic heterocycles. The van der Waals surface area contributed by atoms with Gasteiger partial charge in [-0.3, -0.25) is 0 Å². The van der Waals surface area contributed by atoms with Crippen molar-refractivity contribution < 1.29 is 4.18 Å². The molecule has 0 radical (unpaired) electrons. The molecule has 0 aliphatic rings. The van der Waals surface area contributed by atoms with Gasteiger partial charge in [0.05, 0.1) is 0 Å². The van der Waals surface area contributed by atoms with Gasteiger partial charge in [0, 0.05) is 14.7 Å². The van der Waals surface area contributed by atoms with Gasteiger partial charge >= 0.3 is 0 Å². The van der Waals surface area contributed by atoms with E-state index < -0.39 is 10.3 Å². The number of para-hydroxylation sites is 1. The van der Waals surface area contributed by atoms with Crippen LogP contribution in [0.2, 0.25) is 0 Å². The van der Waals surface area contributed by atoms with E-state index in [0.29, 0.717) is 0 Å². The molecule has 0 bridgehead atoms. The second-order valence-electron chi connectivity index (χ2n) is 7.39. The first-order chi connectivity index (χ1) is 14.1. The number of hydrogen-bond acceptors (Lipinski definition) is 1. The van der Waals surface area contributed by atoms with Gasteiger partial charge in [-0.05, 0) is 79.6 Å². The number of hydrogen-bond donors (Lipinski definition) is 0. The summed E-state index contributed by atoms with van der Waals surface area (Å²) in [5, 5.41) is 0. The molecule has 4 aromatic rings. The molecule has 146 valence electrons. The molecule has 4 rings (SSSR count). The summed E-state index contributed by atoms with van der Waals surface area (Å²) in [4.78, 5) is 3.58. The lowest BCUT2D eigenvalue weighted by Crippen LogP contribution is -2.11. The maximum Gasteiger partial charge on any atom is 0.136 e. The Bertz CT molecular complexity index is 955. The van der Waals surface area contributed by atoms with Crippen molar-refractivity contribution in [2.24, 2.45) is 0 Å². The van der Waals surface area contributed by atoms with Crippen molar-refractivity contribution in [2.75, 3.05) is 0 Å². The zero-order valence-electron chi connectivity index (χ0n) is 17.1. The van der Waals surface area contributed by atoms with E-state index in [1.54, 1.807) is 0 Å². The van der Waals surface area contributed by atoms with Crippen molar-refractivity contribution in [3.8, 4) is 5.75 Å². The maximum atomic E-state index is 6.96. The van der Waals surface area contributed by atoms with Gasteiger partial charge in [-0.1, -0.05) is 71.3 Å². The molecule has 0 atom stereocenters. The van der Waals surface area contributed by atoms with Crippen LogP contribution in [0.15, 0.2) is 118 Å². The van der Waals surface area contributed by atoms with Crippen molar-refractivity contribution in [2.45, 2.75) is 35.5 Å². The first kappa shape index (κ1) is 19.4. The summed E-state index contributed by atoms with van der Waals surface area (Å²) in [6, 6.07) is 36.5. The fraction of sp³-hybridized carbons (Fsp3) is 0.111. The first-order valence-electron chi connectivity index (χ1n) is 9.86. The van der Waals surface area contributed by atoms with Gasteiger partial charge in [-0.15, -0.1) is 0 Å². The van der Waals surface area contributed by atoms with Gasteiger partial charge in [0.25, 0.3) is 0 Å². The second-order valence-corrected chi connectivity index (χ2v) is 10.1. The molecule has 4 aromatic carbocycles. The average molecular weight is 399 g/mol. The fourth-order valence-corrected chi connectivity index (χ4v) is 6.43.